The fourth-order valence-electron chi connectivity index (χ4n) is 1.67. The minimum atomic E-state index is 0.365. The molecular weight excluding hydrogens is 212 g/mol. The minimum Gasteiger partial charge on any atom is -0.395 e. The van der Waals surface area contributed by atoms with E-state index in [1.807, 2.05) is 23.5 Å². The van der Waals surface area contributed by atoms with Crippen LogP contribution in [0.4, 0.5) is 0 Å². The van der Waals surface area contributed by atoms with E-state index in [0.717, 1.165) is 10.3 Å². The molecule has 1 saturated heterocycles. The predicted octanol–water partition coefficient (Wildman–Crippen LogP) is 3.51. The van der Waals surface area contributed by atoms with Crippen LogP contribution in [0.15, 0.2) is 0 Å². The quantitative estimate of drug-likeness (QED) is 0.681. The molecule has 0 aromatic heterocycles. The van der Waals surface area contributed by atoms with Gasteiger partial charge in [-0.1, -0.05) is 39.0 Å². The minimum absolute atomic E-state index is 0.365. The van der Waals surface area contributed by atoms with Gasteiger partial charge in [0, 0.05) is 11.0 Å². The van der Waals surface area contributed by atoms with Crippen LogP contribution < -0.4 is 0 Å². The van der Waals surface area contributed by atoms with Crippen molar-refractivity contribution in [3.05, 3.63) is 0 Å². The van der Waals surface area contributed by atoms with Gasteiger partial charge in [-0.2, -0.15) is 0 Å². The van der Waals surface area contributed by atoms with Gasteiger partial charge < -0.3 is 5.11 Å². The zero-order chi connectivity index (χ0) is 10.2. The normalized spacial score (nSPS) is 27.0. The summed E-state index contributed by atoms with van der Waals surface area (Å²) >= 11 is 4.03. The van der Waals surface area contributed by atoms with Gasteiger partial charge in [0.05, 0.1) is 11.2 Å². The third-order valence-corrected chi connectivity index (χ3v) is 5.95. The first kappa shape index (κ1) is 12.7. The fraction of sp³-hybridized carbons (Fsp3) is 1.00. The van der Waals surface area contributed by atoms with E-state index in [2.05, 4.69) is 6.92 Å². The Bertz CT molecular complexity index is 141. The number of thioether (sulfide) groups is 2. The summed E-state index contributed by atoms with van der Waals surface area (Å²) in [6.45, 7) is 2.62. The number of unbranched alkanes of at least 4 members (excludes halogenated alkanes) is 4. The van der Waals surface area contributed by atoms with Crippen LogP contribution in [0, 0.1) is 0 Å². The lowest BCUT2D eigenvalue weighted by molar-refractivity contribution is 0.301. The molecule has 0 spiro atoms. The monoisotopic (exact) mass is 234 g/mol. The molecular formula is C11H22OS2. The lowest BCUT2D eigenvalue weighted by Gasteiger charge is -2.08. The van der Waals surface area contributed by atoms with Crippen LogP contribution in [0.25, 0.3) is 0 Å². The van der Waals surface area contributed by atoms with Crippen molar-refractivity contribution in [2.75, 3.05) is 12.4 Å². The molecule has 84 valence electrons. The first-order chi connectivity index (χ1) is 6.86. The van der Waals surface area contributed by atoms with E-state index in [-0.39, 0.29) is 0 Å². The van der Waals surface area contributed by atoms with Gasteiger partial charge in [-0.3, -0.25) is 0 Å². The number of hydrogen-bond acceptors (Lipinski definition) is 3. The van der Waals surface area contributed by atoms with Gasteiger partial charge in [-0.25, -0.2) is 0 Å². The molecule has 1 rings (SSSR count). The maximum Gasteiger partial charge on any atom is 0.0558 e. The van der Waals surface area contributed by atoms with E-state index in [1.54, 1.807) is 0 Å². The van der Waals surface area contributed by atoms with E-state index in [9.17, 15) is 0 Å². The van der Waals surface area contributed by atoms with Gasteiger partial charge in [0.1, 0.15) is 0 Å². The molecule has 1 N–H and O–H groups in total. The molecule has 1 aliphatic rings. The molecule has 2 atom stereocenters. The lowest BCUT2D eigenvalue weighted by Crippen LogP contribution is -2.06. The van der Waals surface area contributed by atoms with Crippen molar-refractivity contribution < 1.29 is 5.11 Å². The van der Waals surface area contributed by atoms with E-state index < -0.39 is 0 Å². The van der Waals surface area contributed by atoms with E-state index in [0.29, 0.717) is 11.9 Å². The maximum atomic E-state index is 8.99. The van der Waals surface area contributed by atoms with Crippen LogP contribution in [0.5, 0.6) is 0 Å². The Balaban J connectivity index is 1.92. The number of rotatable bonds is 7. The summed E-state index contributed by atoms with van der Waals surface area (Å²) in [5.74, 6) is 1.15. The number of aliphatic hydroxyl groups excluding tert-OH is 1. The Kier molecular flexibility index (Phi) is 7.17. The van der Waals surface area contributed by atoms with Crippen LogP contribution >= 0.6 is 23.5 Å². The van der Waals surface area contributed by atoms with Gasteiger partial charge in [0.25, 0.3) is 0 Å². The van der Waals surface area contributed by atoms with Gasteiger partial charge in [-0.15, -0.1) is 23.5 Å². The van der Waals surface area contributed by atoms with Crippen molar-refractivity contribution in [2.45, 2.75) is 55.3 Å². The molecule has 0 unspecified atom stereocenters. The van der Waals surface area contributed by atoms with Crippen molar-refractivity contribution in [2.24, 2.45) is 0 Å². The zero-order valence-corrected chi connectivity index (χ0v) is 10.7. The summed E-state index contributed by atoms with van der Waals surface area (Å²) in [7, 11) is 0. The SMILES string of the molecule is CCCCCCC[C@@H]1SC[C@H](CO)S1. The third-order valence-electron chi connectivity index (χ3n) is 2.56. The Morgan fingerprint density at radius 3 is 2.64 bits per heavy atom. The van der Waals surface area contributed by atoms with Gasteiger partial charge in [0.2, 0.25) is 0 Å². The van der Waals surface area contributed by atoms with Gasteiger partial charge >= 0.3 is 0 Å². The largest absolute Gasteiger partial charge is 0.395 e. The van der Waals surface area contributed by atoms with Crippen LogP contribution in [0.1, 0.15) is 45.4 Å². The maximum absolute atomic E-state index is 8.99. The lowest BCUT2D eigenvalue weighted by atomic mass is 10.1. The molecule has 1 aliphatic heterocycles. The Labute approximate surface area is 96.4 Å². The standard InChI is InChI=1S/C11H22OS2/c1-2-3-4-5-6-7-11-13-9-10(8-12)14-11/h10-12H,2-9H2,1H3/t10-,11+/m0/s1. The molecule has 0 bridgehead atoms. The Hall–Kier alpha value is 0.660. The molecule has 0 radical (unpaired) electrons. The van der Waals surface area contributed by atoms with Crippen molar-refractivity contribution in [1.29, 1.82) is 0 Å². The number of hydrogen-bond donors (Lipinski definition) is 1. The first-order valence-electron chi connectivity index (χ1n) is 5.74. The zero-order valence-electron chi connectivity index (χ0n) is 9.08. The van der Waals surface area contributed by atoms with Crippen LogP contribution in [0.2, 0.25) is 0 Å². The van der Waals surface area contributed by atoms with Crippen LogP contribution in [0.3, 0.4) is 0 Å². The second kappa shape index (κ2) is 7.89. The van der Waals surface area contributed by atoms with Crippen LogP contribution in [-0.2, 0) is 0 Å². The van der Waals surface area contributed by atoms with Crippen molar-refractivity contribution in [1.82, 2.24) is 0 Å². The summed E-state index contributed by atoms with van der Waals surface area (Å²) < 4.78 is 0.772. The fourth-order valence-corrected chi connectivity index (χ4v) is 4.93. The van der Waals surface area contributed by atoms with Gasteiger partial charge in [0.15, 0.2) is 0 Å². The molecule has 3 heteroatoms. The highest BCUT2D eigenvalue weighted by Gasteiger charge is 2.24. The molecule has 1 nitrogen and oxygen atoms in total. The topological polar surface area (TPSA) is 20.2 Å². The summed E-state index contributed by atoms with van der Waals surface area (Å²) in [6, 6.07) is 0. The molecule has 0 saturated carbocycles. The highest BCUT2D eigenvalue weighted by Crippen LogP contribution is 2.40. The molecule has 0 aromatic rings. The van der Waals surface area contributed by atoms with Crippen LogP contribution in [-0.4, -0.2) is 27.3 Å². The summed E-state index contributed by atoms with van der Waals surface area (Å²) in [5, 5.41) is 9.51. The highest BCUT2D eigenvalue weighted by atomic mass is 32.2. The van der Waals surface area contributed by atoms with Crippen molar-refractivity contribution in [3.63, 3.8) is 0 Å². The molecule has 1 fully saturated rings. The molecule has 0 aromatic carbocycles. The molecule has 14 heavy (non-hydrogen) atoms. The average Bonchev–Trinajstić information content (AvgIpc) is 2.65. The second-order valence-electron chi connectivity index (χ2n) is 3.91. The highest BCUT2D eigenvalue weighted by molar-refractivity contribution is 8.20. The first-order valence-corrected chi connectivity index (χ1v) is 7.74. The van der Waals surface area contributed by atoms with Gasteiger partial charge in [-0.05, 0) is 6.42 Å². The Morgan fingerprint density at radius 2 is 2.00 bits per heavy atom. The Morgan fingerprint density at radius 1 is 1.21 bits per heavy atom. The average molecular weight is 234 g/mol. The summed E-state index contributed by atoms with van der Waals surface area (Å²) in [4.78, 5) is 0. The van der Waals surface area contributed by atoms with E-state index in [1.165, 1.54) is 38.5 Å². The van der Waals surface area contributed by atoms with Crippen molar-refractivity contribution >= 4 is 23.5 Å². The predicted molar refractivity (Wildman–Crippen MR) is 68.1 cm³/mol. The molecule has 0 aliphatic carbocycles. The van der Waals surface area contributed by atoms with E-state index >= 15 is 0 Å². The smallest absolute Gasteiger partial charge is 0.0558 e. The second-order valence-corrected chi connectivity index (χ2v) is 6.95. The third kappa shape index (κ3) is 4.94. The molecule has 1 heterocycles. The number of aliphatic hydroxyl groups is 1. The summed E-state index contributed by atoms with van der Waals surface area (Å²) in [5.41, 5.74) is 0. The molecule has 0 amide bonds. The summed E-state index contributed by atoms with van der Waals surface area (Å²) in [6.07, 6.45) is 8.25. The van der Waals surface area contributed by atoms with E-state index in [4.69, 9.17) is 5.11 Å². The van der Waals surface area contributed by atoms with Crippen molar-refractivity contribution in [3.8, 4) is 0 Å².